The van der Waals surface area contributed by atoms with Crippen LogP contribution >= 0.6 is 0 Å². The second kappa shape index (κ2) is 3.79. The van der Waals surface area contributed by atoms with Crippen LogP contribution in [0.2, 0.25) is 0 Å². The maximum Gasteiger partial charge on any atom is 0.181 e. The normalized spacial score (nSPS) is 21.0. The smallest absolute Gasteiger partial charge is 0.181 e. The Kier molecular flexibility index (Phi) is 2.93. The van der Waals surface area contributed by atoms with Crippen molar-refractivity contribution in [2.45, 2.75) is 6.29 Å². The first-order valence-electron chi connectivity index (χ1n) is 2.85. The van der Waals surface area contributed by atoms with Crippen molar-refractivity contribution in [3.05, 3.63) is 0 Å². The van der Waals surface area contributed by atoms with E-state index in [0.717, 1.165) is 0 Å². The van der Waals surface area contributed by atoms with E-state index in [0.29, 0.717) is 19.8 Å². The number of hydrogen-bond acceptors (Lipinski definition) is 4. The molecule has 4 nitrogen and oxygen atoms in total. The third-order valence-corrected chi connectivity index (χ3v) is 1.04. The third-order valence-electron chi connectivity index (χ3n) is 1.04. The van der Waals surface area contributed by atoms with Crippen molar-refractivity contribution in [3.63, 3.8) is 0 Å². The van der Waals surface area contributed by atoms with E-state index in [-0.39, 0.29) is 13.1 Å². The highest BCUT2D eigenvalue weighted by atomic mass is 16.7. The van der Waals surface area contributed by atoms with Crippen LogP contribution in [0.1, 0.15) is 0 Å². The van der Waals surface area contributed by atoms with Crippen molar-refractivity contribution in [1.82, 2.24) is 0 Å². The zero-order valence-electron chi connectivity index (χ0n) is 5.08. The van der Waals surface area contributed by atoms with Crippen molar-refractivity contribution in [3.8, 4) is 0 Å². The Morgan fingerprint density at radius 3 is 2.67 bits per heavy atom. The largest absolute Gasteiger partial charge is 0.371 e. The Morgan fingerprint density at radius 1 is 1.44 bits per heavy atom. The molecular weight excluding hydrogens is 124 g/mol. The maximum absolute atomic E-state index is 8.19. The quantitative estimate of drug-likeness (QED) is 0.520. The molecule has 0 atom stereocenters. The second-order valence-electron chi connectivity index (χ2n) is 1.67. The first-order valence-corrected chi connectivity index (χ1v) is 2.85. The maximum atomic E-state index is 8.19. The fourth-order valence-electron chi connectivity index (χ4n) is 0.652. The average molecular weight is 134 g/mol. The minimum Gasteiger partial charge on any atom is -0.371 e. The van der Waals surface area contributed by atoms with Gasteiger partial charge in [-0.15, -0.1) is 0 Å². The summed E-state index contributed by atoms with van der Waals surface area (Å²) in [7, 11) is 0. The topological polar surface area (TPSA) is 47.9 Å². The molecule has 1 aliphatic heterocycles. The molecule has 1 rings (SSSR count). The van der Waals surface area contributed by atoms with Gasteiger partial charge in [-0.05, 0) is 0 Å². The van der Waals surface area contributed by atoms with Crippen molar-refractivity contribution >= 4 is 0 Å². The van der Waals surface area contributed by atoms with Crippen LogP contribution in [-0.2, 0) is 14.2 Å². The van der Waals surface area contributed by atoms with Crippen molar-refractivity contribution < 1.29 is 19.3 Å². The molecule has 0 aliphatic carbocycles. The van der Waals surface area contributed by atoms with E-state index in [1.807, 2.05) is 0 Å². The highest BCUT2D eigenvalue weighted by Crippen LogP contribution is 2.02. The molecule has 0 aromatic carbocycles. The van der Waals surface area contributed by atoms with Gasteiger partial charge in [0.1, 0.15) is 13.4 Å². The van der Waals surface area contributed by atoms with Crippen LogP contribution in [0.15, 0.2) is 0 Å². The van der Waals surface area contributed by atoms with Crippen LogP contribution in [0.4, 0.5) is 0 Å². The molecule has 0 bridgehead atoms. The van der Waals surface area contributed by atoms with Crippen LogP contribution in [0, 0.1) is 0 Å². The SMILES string of the molecule is OCOCC1OCCO1. The average Bonchev–Trinajstić information content (AvgIpc) is 2.34. The van der Waals surface area contributed by atoms with Crippen molar-refractivity contribution in [2.24, 2.45) is 0 Å². The van der Waals surface area contributed by atoms with Crippen molar-refractivity contribution in [1.29, 1.82) is 0 Å². The molecule has 0 spiro atoms. The molecule has 1 heterocycles. The summed E-state index contributed by atoms with van der Waals surface area (Å²) < 4.78 is 14.6. The Labute approximate surface area is 53.3 Å². The fourth-order valence-corrected chi connectivity index (χ4v) is 0.652. The van der Waals surface area contributed by atoms with Gasteiger partial charge in [-0.3, -0.25) is 0 Å². The number of aliphatic hydroxyl groups is 1. The third kappa shape index (κ3) is 2.28. The summed E-state index contributed by atoms with van der Waals surface area (Å²) in [5.74, 6) is 0. The monoisotopic (exact) mass is 134 g/mol. The van der Waals surface area contributed by atoms with Gasteiger partial charge >= 0.3 is 0 Å². The summed E-state index contributed by atoms with van der Waals surface area (Å²) in [5, 5.41) is 8.19. The van der Waals surface area contributed by atoms with Gasteiger partial charge in [0, 0.05) is 0 Å². The van der Waals surface area contributed by atoms with Gasteiger partial charge in [-0.25, -0.2) is 0 Å². The van der Waals surface area contributed by atoms with Gasteiger partial charge in [0.2, 0.25) is 0 Å². The second-order valence-corrected chi connectivity index (χ2v) is 1.67. The summed E-state index contributed by atoms with van der Waals surface area (Å²) in [6.07, 6.45) is -0.267. The lowest BCUT2D eigenvalue weighted by atomic mass is 10.7. The van der Waals surface area contributed by atoms with Gasteiger partial charge in [0.05, 0.1) is 13.2 Å². The lowest BCUT2D eigenvalue weighted by Gasteiger charge is -2.06. The van der Waals surface area contributed by atoms with E-state index in [4.69, 9.17) is 14.6 Å². The van der Waals surface area contributed by atoms with E-state index < -0.39 is 0 Å². The van der Waals surface area contributed by atoms with Crippen LogP contribution in [0.3, 0.4) is 0 Å². The Hall–Kier alpha value is -0.160. The van der Waals surface area contributed by atoms with Gasteiger partial charge in [-0.2, -0.15) is 0 Å². The van der Waals surface area contributed by atoms with E-state index >= 15 is 0 Å². The molecule has 0 aromatic heterocycles. The van der Waals surface area contributed by atoms with Gasteiger partial charge in [-0.1, -0.05) is 0 Å². The molecule has 1 saturated heterocycles. The van der Waals surface area contributed by atoms with E-state index in [2.05, 4.69) is 4.74 Å². The molecular formula is C5H10O4. The van der Waals surface area contributed by atoms with Crippen molar-refractivity contribution in [2.75, 3.05) is 26.6 Å². The summed E-state index contributed by atoms with van der Waals surface area (Å²) >= 11 is 0. The molecule has 0 radical (unpaired) electrons. The Balaban J connectivity index is 1.98. The molecule has 0 aromatic rings. The first-order chi connectivity index (χ1) is 4.43. The lowest BCUT2D eigenvalue weighted by molar-refractivity contribution is -0.120. The highest BCUT2D eigenvalue weighted by Gasteiger charge is 2.14. The number of rotatable bonds is 3. The summed E-state index contributed by atoms with van der Waals surface area (Å²) in [5.41, 5.74) is 0. The number of aliphatic hydroxyl groups excluding tert-OH is 1. The predicted octanol–water partition coefficient (Wildman–Crippen LogP) is -0.674. The summed E-state index contributed by atoms with van der Waals surface area (Å²) in [6, 6.07) is 0. The molecule has 1 fully saturated rings. The van der Waals surface area contributed by atoms with Crippen LogP contribution < -0.4 is 0 Å². The van der Waals surface area contributed by atoms with Gasteiger partial charge in [0.15, 0.2) is 6.29 Å². The highest BCUT2D eigenvalue weighted by molar-refractivity contribution is 4.48. The first kappa shape index (κ1) is 6.95. The zero-order valence-corrected chi connectivity index (χ0v) is 5.08. The fraction of sp³-hybridized carbons (Fsp3) is 1.00. The Bertz CT molecular complexity index is 69.4. The van der Waals surface area contributed by atoms with E-state index in [1.165, 1.54) is 0 Å². The number of ether oxygens (including phenoxy) is 3. The standard InChI is InChI=1S/C5H10O4/c6-4-7-3-5-8-1-2-9-5/h5-6H,1-4H2. The van der Waals surface area contributed by atoms with Gasteiger partial charge in [0.25, 0.3) is 0 Å². The van der Waals surface area contributed by atoms with Crippen LogP contribution in [0.25, 0.3) is 0 Å². The molecule has 0 amide bonds. The molecule has 0 unspecified atom stereocenters. The lowest BCUT2D eigenvalue weighted by Crippen LogP contribution is -2.16. The molecule has 1 N–H and O–H groups in total. The molecule has 9 heavy (non-hydrogen) atoms. The molecule has 1 aliphatic rings. The molecule has 4 heteroatoms. The van der Waals surface area contributed by atoms with E-state index in [9.17, 15) is 0 Å². The minimum atomic E-state index is -0.275. The minimum absolute atomic E-state index is 0.267. The molecule has 54 valence electrons. The summed E-state index contributed by atoms with van der Waals surface area (Å²) in [6.45, 7) is 1.29. The number of hydrogen-bond donors (Lipinski definition) is 1. The Morgan fingerprint density at radius 2 is 2.11 bits per heavy atom. The van der Waals surface area contributed by atoms with Gasteiger partial charge < -0.3 is 19.3 Å². The predicted molar refractivity (Wildman–Crippen MR) is 28.7 cm³/mol. The van der Waals surface area contributed by atoms with Crippen LogP contribution in [-0.4, -0.2) is 38.0 Å². The molecule has 0 saturated carbocycles. The van der Waals surface area contributed by atoms with Crippen LogP contribution in [0.5, 0.6) is 0 Å². The summed E-state index contributed by atoms with van der Waals surface area (Å²) in [4.78, 5) is 0. The zero-order chi connectivity index (χ0) is 6.53. The van der Waals surface area contributed by atoms with E-state index in [1.54, 1.807) is 0 Å².